The van der Waals surface area contributed by atoms with Gasteiger partial charge in [0.25, 0.3) is 5.91 Å². The minimum absolute atomic E-state index is 0.0237. The monoisotopic (exact) mass is 721 g/mol. The Balaban J connectivity index is 1.19. The number of aryl methyl sites for hydroxylation is 1. The van der Waals surface area contributed by atoms with Gasteiger partial charge in [0, 0.05) is 69.5 Å². The van der Waals surface area contributed by atoms with Gasteiger partial charge in [-0.05, 0) is 85.9 Å². The summed E-state index contributed by atoms with van der Waals surface area (Å²) in [5.41, 5.74) is 3.97. The Kier molecular flexibility index (Phi) is 9.80. The van der Waals surface area contributed by atoms with Crippen molar-refractivity contribution < 1.29 is 14.1 Å². The van der Waals surface area contributed by atoms with Crippen LogP contribution in [0.15, 0.2) is 47.3 Å². The molecule has 0 aliphatic carbocycles. The summed E-state index contributed by atoms with van der Waals surface area (Å²) in [6.45, 7) is 11.2. The number of carbonyl (C=O) groups excluding carboxylic acids is 1. The molecule has 4 aromatic rings. The molecule has 2 aromatic carbocycles. The number of rotatable bonds is 8. The van der Waals surface area contributed by atoms with Crippen LogP contribution in [0.2, 0.25) is 0 Å². The zero-order valence-corrected chi connectivity index (χ0v) is 29.9. The number of nitrogens with zero attached hydrogens (tertiary/aromatic N) is 7. The molecule has 0 spiro atoms. The van der Waals surface area contributed by atoms with E-state index >= 15 is 0 Å². The first-order chi connectivity index (χ1) is 22.5. The molecule has 0 saturated carbocycles. The molecule has 0 atom stereocenters. The van der Waals surface area contributed by atoms with Gasteiger partial charge < -0.3 is 29.7 Å². The van der Waals surface area contributed by atoms with E-state index in [1.807, 2.05) is 30.0 Å². The summed E-state index contributed by atoms with van der Waals surface area (Å²) < 4.78 is 19.7. The van der Waals surface area contributed by atoms with Crippen molar-refractivity contribution >= 4 is 68.5 Å². The second-order valence-electron chi connectivity index (χ2n) is 12.6. The van der Waals surface area contributed by atoms with E-state index in [2.05, 4.69) is 58.4 Å². The highest BCUT2D eigenvalue weighted by Gasteiger charge is 2.30. The summed E-state index contributed by atoms with van der Waals surface area (Å²) in [6.07, 6.45) is 6.83. The Labute approximate surface area is 283 Å². The number of hydrogen-bond donors (Lipinski definition) is 2. The number of ether oxygens (including phenoxy) is 1. The maximum atomic E-state index is 13.7. The SMILES string of the molecule is COc1cc(C(=O)N2CCC(N3CCN(C)CC3)CC2)c(C)cc1Nc1ncc(Br)c(Nc2ccc3nccnc3c2P(C)(C)=O)n1. The zero-order chi connectivity index (χ0) is 33.3. The largest absolute Gasteiger partial charge is 0.495 e. The van der Waals surface area contributed by atoms with Gasteiger partial charge in [-0.2, -0.15) is 4.98 Å². The number of carbonyl (C=O) groups is 1. The number of piperazine rings is 1. The van der Waals surface area contributed by atoms with Gasteiger partial charge in [0.05, 0.1) is 33.8 Å². The van der Waals surface area contributed by atoms with Crippen molar-refractivity contribution in [3.8, 4) is 5.75 Å². The number of likely N-dealkylation sites (tertiary alicyclic amines) is 1. The molecule has 2 N–H and O–H groups in total. The Hall–Kier alpha value is -3.64. The molecule has 2 saturated heterocycles. The first kappa shape index (κ1) is 33.3. The Morgan fingerprint density at radius 2 is 1.70 bits per heavy atom. The van der Waals surface area contributed by atoms with Crippen molar-refractivity contribution in [1.82, 2.24) is 34.6 Å². The lowest BCUT2D eigenvalue weighted by Gasteiger charge is -2.42. The quantitative estimate of drug-likeness (QED) is 0.236. The van der Waals surface area contributed by atoms with E-state index in [-0.39, 0.29) is 5.91 Å². The average molecular weight is 723 g/mol. The molecule has 4 heterocycles. The lowest BCUT2D eigenvalue weighted by Crippen LogP contribution is -2.53. The van der Waals surface area contributed by atoms with Crippen LogP contribution in [-0.2, 0) is 4.57 Å². The topological polar surface area (TPSA) is 129 Å². The highest BCUT2D eigenvalue weighted by Crippen LogP contribution is 2.41. The maximum Gasteiger partial charge on any atom is 0.254 e. The standard InChI is InChI=1S/C33H41BrN9O3P/c1-21-18-27(28(46-3)19-23(21)32(44)43-12-8-22(9-13-43)42-16-14-41(2)15-17-42)39-33-37-20-24(34)31(40-33)38-26-7-6-25-29(36-11-10-35-25)30(26)47(4,5)45/h6-7,10-11,18-20,22H,8-9,12-17H2,1-5H3,(H2,37,38,39,40). The third-order valence-corrected chi connectivity index (χ3v) is 11.1. The molecule has 14 heteroatoms. The van der Waals surface area contributed by atoms with E-state index in [4.69, 9.17) is 9.72 Å². The highest BCUT2D eigenvalue weighted by atomic mass is 79.9. The summed E-state index contributed by atoms with van der Waals surface area (Å²) in [7, 11) is 0.995. The number of anilines is 4. The van der Waals surface area contributed by atoms with E-state index in [0.29, 0.717) is 61.3 Å². The predicted octanol–water partition coefficient (Wildman–Crippen LogP) is 5.09. The minimum atomic E-state index is -2.76. The number of piperidine rings is 1. The second kappa shape index (κ2) is 13.8. The van der Waals surface area contributed by atoms with Crippen LogP contribution in [0.5, 0.6) is 5.75 Å². The molecular weight excluding hydrogens is 681 g/mol. The lowest BCUT2D eigenvalue weighted by atomic mass is 10.00. The summed E-state index contributed by atoms with van der Waals surface area (Å²) in [4.78, 5) is 38.6. The number of benzene rings is 2. The van der Waals surface area contributed by atoms with Gasteiger partial charge in [-0.3, -0.25) is 19.7 Å². The molecule has 248 valence electrons. The molecular formula is C33H41BrN9O3P. The number of likely N-dealkylation sites (N-methyl/N-ethyl adjacent to an activating group) is 1. The number of methoxy groups -OCH3 is 1. The third kappa shape index (κ3) is 7.28. The van der Waals surface area contributed by atoms with Crippen LogP contribution < -0.4 is 20.7 Å². The number of fused-ring (bicyclic) bond motifs is 1. The molecule has 1 amide bonds. The molecule has 0 bridgehead atoms. The van der Waals surface area contributed by atoms with Gasteiger partial charge in [0.2, 0.25) is 5.95 Å². The zero-order valence-electron chi connectivity index (χ0n) is 27.5. The first-order valence-corrected chi connectivity index (χ1v) is 19.2. The van der Waals surface area contributed by atoms with Crippen molar-refractivity contribution in [2.75, 3.05) is 77.4 Å². The number of hydrogen-bond acceptors (Lipinski definition) is 11. The molecule has 2 aliphatic heterocycles. The van der Waals surface area contributed by atoms with Crippen LogP contribution in [-0.4, -0.2) is 113 Å². The van der Waals surface area contributed by atoms with E-state index in [0.717, 1.165) is 57.7 Å². The molecule has 12 nitrogen and oxygen atoms in total. The Bertz CT molecular complexity index is 1840. The average Bonchev–Trinajstić information content (AvgIpc) is 3.06. The summed E-state index contributed by atoms with van der Waals surface area (Å²) in [6, 6.07) is 7.91. The van der Waals surface area contributed by atoms with Crippen molar-refractivity contribution in [3.63, 3.8) is 0 Å². The van der Waals surface area contributed by atoms with Crippen LogP contribution in [0.1, 0.15) is 28.8 Å². The van der Waals surface area contributed by atoms with Gasteiger partial charge in [-0.1, -0.05) is 0 Å². The van der Waals surface area contributed by atoms with Gasteiger partial charge in [-0.15, -0.1) is 0 Å². The minimum Gasteiger partial charge on any atom is -0.495 e. The third-order valence-electron chi connectivity index (χ3n) is 8.98. The van der Waals surface area contributed by atoms with Crippen LogP contribution >= 0.6 is 23.1 Å². The van der Waals surface area contributed by atoms with Crippen LogP contribution in [0.25, 0.3) is 11.0 Å². The Morgan fingerprint density at radius 1 is 0.979 bits per heavy atom. The number of halogens is 1. The number of amides is 1. The summed E-state index contributed by atoms with van der Waals surface area (Å²) >= 11 is 3.55. The first-order valence-electron chi connectivity index (χ1n) is 15.8. The second-order valence-corrected chi connectivity index (χ2v) is 16.6. The summed E-state index contributed by atoms with van der Waals surface area (Å²) in [5, 5.41) is 7.19. The van der Waals surface area contributed by atoms with Gasteiger partial charge in [0.1, 0.15) is 24.2 Å². The fourth-order valence-corrected chi connectivity index (χ4v) is 8.09. The Morgan fingerprint density at radius 3 is 2.40 bits per heavy atom. The van der Waals surface area contributed by atoms with E-state index in [1.54, 1.807) is 45.1 Å². The van der Waals surface area contributed by atoms with Gasteiger partial charge in [0.15, 0.2) is 0 Å². The van der Waals surface area contributed by atoms with Gasteiger partial charge >= 0.3 is 0 Å². The van der Waals surface area contributed by atoms with Crippen LogP contribution in [0.3, 0.4) is 0 Å². The van der Waals surface area contributed by atoms with Crippen molar-refractivity contribution in [2.24, 2.45) is 0 Å². The van der Waals surface area contributed by atoms with Crippen LogP contribution in [0, 0.1) is 6.92 Å². The van der Waals surface area contributed by atoms with Crippen molar-refractivity contribution in [1.29, 1.82) is 0 Å². The highest BCUT2D eigenvalue weighted by molar-refractivity contribution is 9.10. The molecule has 2 aromatic heterocycles. The molecule has 0 unspecified atom stereocenters. The lowest BCUT2D eigenvalue weighted by molar-refractivity contribution is 0.0518. The molecule has 2 aliphatic rings. The van der Waals surface area contributed by atoms with Crippen molar-refractivity contribution in [2.45, 2.75) is 25.8 Å². The smallest absolute Gasteiger partial charge is 0.254 e. The van der Waals surface area contributed by atoms with E-state index < -0.39 is 7.14 Å². The van der Waals surface area contributed by atoms with Gasteiger partial charge in [-0.25, -0.2) is 4.98 Å². The van der Waals surface area contributed by atoms with E-state index in [1.165, 1.54) is 0 Å². The molecule has 0 radical (unpaired) electrons. The fourth-order valence-electron chi connectivity index (χ4n) is 6.41. The van der Waals surface area contributed by atoms with Crippen molar-refractivity contribution in [3.05, 3.63) is 58.5 Å². The summed E-state index contributed by atoms with van der Waals surface area (Å²) in [5.74, 6) is 1.33. The number of aromatic nitrogens is 4. The molecule has 47 heavy (non-hydrogen) atoms. The predicted molar refractivity (Wildman–Crippen MR) is 191 cm³/mol. The van der Waals surface area contributed by atoms with E-state index in [9.17, 15) is 9.36 Å². The molecule has 2 fully saturated rings. The normalized spacial score (nSPS) is 16.8. The molecule has 6 rings (SSSR count). The number of nitrogens with one attached hydrogen (secondary N) is 2. The fraction of sp³-hybridized carbons (Fsp3) is 0.424. The maximum absolute atomic E-state index is 13.7. The van der Waals surface area contributed by atoms with Crippen LogP contribution in [0.4, 0.5) is 23.1 Å².